The summed E-state index contributed by atoms with van der Waals surface area (Å²) < 4.78 is 29.3. The van der Waals surface area contributed by atoms with Gasteiger partial charge in [-0.05, 0) is 50.3 Å². The number of nitrogens with zero attached hydrogens (tertiary/aromatic N) is 5. The molecule has 29 heavy (non-hydrogen) atoms. The van der Waals surface area contributed by atoms with E-state index in [-0.39, 0.29) is 21.2 Å². The maximum Gasteiger partial charge on any atom is 0.286 e. The first kappa shape index (κ1) is 22.9. The molecule has 0 saturated carbocycles. The van der Waals surface area contributed by atoms with Crippen LogP contribution in [-0.4, -0.2) is 40.1 Å². The maximum atomic E-state index is 12.5. The first-order valence-electron chi connectivity index (χ1n) is 9.31. The maximum absolute atomic E-state index is 12.5. The minimum Gasteiger partial charge on any atom is -0.493 e. The number of aromatic nitrogens is 2. The molecule has 0 spiro atoms. The van der Waals surface area contributed by atoms with E-state index >= 15 is 0 Å². The highest BCUT2D eigenvalue weighted by atomic mass is 32.2. The van der Waals surface area contributed by atoms with Crippen molar-refractivity contribution in [3.05, 3.63) is 39.4 Å². The fourth-order valence-electron chi connectivity index (χ4n) is 2.83. The third-order valence-corrected chi connectivity index (χ3v) is 6.96. The fraction of sp³-hybridized carbons (Fsp3) is 0.444. The number of hydrogen-bond acceptors (Lipinski definition) is 7. The van der Waals surface area contributed by atoms with Gasteiger partial charge in [-0.1, -0.05) is 13.8 Å². The van der Waals surface area contributed by atoms with E-state index in [0.717, 1.165) is 0 Å². The van der Waals surface area contributed by atoms with Gasteiger partial charge in [0.05, 0.1) is 10.6 Å². The zero-order valence-corrected chi connectivity index (χ0v) is 18.5. The number of benzene rings is 1. The van der Waals surface area contributed by atoms with E-state index in [1.54, 1.807) is 27.7 Å². The van der Waals surface area contributed by atoms with Crippen LogP contribution in [0.1, 0.15) is 27.7 Å². The zero-order valence-electron chi connectivity index (χ0n) is 16.9. The lowest BCUT2D eigenvalue weighted by atomic mass is 10.3. The zero-order chi connectivity index (χ0) is 21.8. The van der Waals surface area contributed by atoms with E-state index in [1.165, 1.54) is 37.7 Å². The molecule has 1 aromatic heterocycles. The van der Waals surface area contributed by atoms with Gasteiger partial charge in [0.15, 0.2) is 4.77 Å². The molecule has 0 unspecified atom stereocenters. The van der Waals surface area contributed by atoms with E-state index in [2.05, 4.69) is 10.2 Å². The number of hydrogen-bond donors (Lipinski definition) is 1. The monoisotopic (exact) mass is 439 g/mol. The lowest BCUT2D eigenvalue weighted by Crippen LogP contribution is -2.30. The number of rotatable bonds is 8. The van der Waals surface area contributed by atoms with E-state index in [0.29, 0.717) is 31.9 Å². The van der Waals surface area contributed by atoms with Crippen LogP contribution >= 0.6 is 12.2 Å². The summed E-state index contributed by atoms with van der Waals surface area (Å²) in [6.45, 7) is 8.55. The topological polar surface area (TPSA) is 109 Å². The van der Waals surface area contributed by atoms with Gasteiger partial charge in [0, 0.05) is 26.2 Å². The van der Waals surface area contributed by atoms with Crippen LogP contribution in [0, 0.1) is 4.77 Å². The van der Waals surface area contributed by atoms with Crippen LogP contribution in [0.15, 0.2) is 44.2 Å². The summed E-state index contributed by atoms with van der Waals surface area (Å²) >= 11 is 5.23. The average Bonchev–Trinajstić information content (AvgIpc) is 2.69. The van der Waals surface area contributed by atoms with Gasteiger partial charge in [-0.15, -0.1) is 5.11 Å². The molecule has 2 aromatic rings. The molecule has 2 rings (SSSR count). The molecule has 0 aliphatic heterocycles. The molecule has 9 nitrogen and oxygen atoms in total. The molecular weight excluding hydrogens is 414 g/mol. The van der Waals surface area contributed by atoms with Crippen LogP contribution in [0.2, 0.25) is 0 Å². The Kier molecular flexibility index (Phi) is 7.44. The van der Waals surface area contributed by atoms with E-state index in [1.807, 2.05) is 0 Å². The third-order valence-electron chi connectivity index (χ3n) is 4.45. The van der Waals surface area contributed by atoms with Crippen LogP contribution < -0.4 is 5.56 Å². The van der Waals surface area contributed by atoms with Gasteiger partial charge >= 0.3 is 0 Å². The predicted octanol–water partition coefficient (Wildman–Crippen LogP) is 3.57. The smallest absolute Gasteiger partial charge is 0.286 e. The Balaban J connectivity index is 2.44. The van der Waals surface area contributed by atoms with Crippen molar-refractivity contribution in [3.63, 3.8) is 0 Å². The Bertz CT molecular complexity index is 1110. The summed E-state index contributed by atoms with van der Waals surface area (Å²) in [5, 5.41) is 18.2. The standard InChI is InChI=1S/C18H25N5O4S2/c1-5-21(6-2)29(26,27)14-11-9-13(10-12-14)19-20-15-16(24)22(7-3)18(28)23(8-4)17(15)25/h9-12,24H,5-8H2,1-4H3. The lowest BCUT2D eigenvalue weighted by molar-refractivity contribution is 0.402. The second kappa shape index (κ2) is 9.42. The fourth-order valence-corrected chi connectivity index (χ4v) is 4.72. The van der Waals surface area contributed by atoms with Crippen molar-refractivity contribution in [1.29, 1.82) is 0 Å². The Morgan fingerprint density at radius 2 is 1.55 bits per heavy atom. The molecule has 0 aliphatic carbocycles. The van der Waals surface area contributed by atoms with Gasteiger partial charge in [-0.25, -0.2) is 8.42 Å². The molecule has 0 radical (unpaired) electrons. The van der Waals surface area contributed by atoms with Crippen LogP contribution in [0.4, 0.5) is 11.4 Å². The van der Waals surface area contributed by atoms with Gasteiger partial charge in [0.25, 0.3) is 5.56 Å². The van der Waals surface area contributed by atoms with Crippen molar-refractivity contribution < 1.29 is 13.5 Å². The highest BCUT2D eigenvalue weighted by Crippen LogP contribution is 2.26. The summed E-state index contributed by atoms with van der Waals surface area (Å²) in [7, 11) is -3.57. The Hall–Kier alpha value is -2.37. The van der Waals surface area contributed by atoms with Gasteiger partial charge in [0.1, 0.15) is 0 Å². The second-order valence-electron chi connectivity index (χ2n) is 6.03. The first-order chi connectivity index (χ1) is 13.7. The molecule has 158 valence electrons. The quantitative estimate of drug-likeness (QED) is 0.499. The molecule has 1 aromatic carbocycles. The number of aromatic hydroxyl groups is 1. The summed E-state index contributed by atoms with van der Waals surface area (Å²) in [4.78, 5) is 12.7. The molecule has 1 heterocycles. The average molecular weight is 440 g/mol. The molecular formula is C18H25N5O4S2. The number of sulfonamides is 1. The lowest BCUT2D eigenvalue weighted by Gasteiger charge is -2.18. The SMILES string of the molecule is CCN(CC)S(=O)(=O)c1ccc(N=Nc2c(O)n(CC)c(=S)n(CC)c2=O)cc1. The van der Waals surface area contributed by atoms with Crippen LogP contribution in [-0.2, 0) is 23.1 Å². The van der Waals surface area contributed by atoms with E-state index in [4.69, 9.17) is 12.2 Å². The minimum atomic E-state index is -3.57. The van der Waals surface area contributed by atoms with Crippen molar-refractivity contribution >= 4 is 33.6 Å². The Morgan fingerprint density at radius 1 is 1.00 bits per heavy atom. The largest absolute Gasteiger partial charge is 0.493 e. The third kappa shape index (κ3) is 4.46. The second-order valence-corrected chi connectivity index (χ2v) is 8.33. The normalized spacial score (nSPS) is 12.2. The minimum absolute atomic E-state index is 0.149. The van der Waals surface area contributed by atoms with Crippen LogP contribution in [0.5, 0.6) is 5.88 Å². The molecule has 0 aliphatic rings. The predicted molar refractivity (Wildman–Crippen MR) is 113 cm³/mol. The Morgan fingerprint density at radius 3 is 2.03 bits per heavy atom. The van der Waals surface area contributed by atoms with Crippen molar-refractivity contribution in [3.8, 4) is 5.88 Å². The molecule has 0 bridgehead atoms. The van der Waals surface area contributed by atoms with Gasteiger partial charge in [-0.2, -0.15) is 9.42 Å². The Labute approximate surface area is 175 Å². The molecule has 11 heteroatoms. The van der Waals surface area contributed by atoms with Crippen LogP contribution in [0.25, 0.3) is 0 Å². The van der Waals surface area contributed by atoms with E-state index < -0.39 is 15.6 Å². The summed E-state index contributed by atoms with van der Waals surface area (Å²) in [6.07, 6.45) is 0. The van der Waals surface area contributed by atoms with Crippen LogP contribution in [0.3, 0.4) is 0 Å². The molecule has 0 amide bonds. The summed E-state index contributed by atoms with van der Waals surface area (Å²) in [6, 6.07) is 5.85. The van der Waals surface area contributed by atoms with Gasteiger partial charge in [-0.3, -0.25) is 13.9 Å². The highest BCUT2D eigenvalue weighted by molar-refractivity contribution is 7.89. The summed E-state index contributed by atoms with van der Waals surface area (Å²) in [5.74, 6) is -0.350. The molecule has 1 N–H and O–H groups in total. The van der Waals surface area contributed by atoms with Crippen molar-refractivity contribution in [2.45, 2.75) is 45.7 Å². The highest BCUT2D eigenvalue weighted by Gasteiger charge is 2.21. The van der Waals surface area contributed by atoms with E-state index in [9.17, 15) is 18.3 Å². The van der Waals surface area contributed by atoms with Crippen molar-refractivity contribution in [1.82, 2.24) is 13.4 Å². The molecule has 0 fully saturated rings. The molecule has 0 saturated heterocycles. The number of azo groups is 1. The first-order valence-corrected chi connectivity index (χ1v) is 11.2. The van der Waals surface area contributed by atoms with Gasteiger partial charge < -0.3 is 5.11 Å². The summed E-state index contributed by atoms with van der Waals surface area (Å²) in [5.41, 5.74) is -0.415. The van der Waals surface area contributed by atoms with Gasteiger partial charge in [0.2, 0.25) is 21.6 Å². The van der Waals surface area contributed by atoms with Crippen molar-refractivity contribution in [2.24, 2.45) is 10.2 Å². The van der Waals surface area contributed by atoms with Crippen molar-refractivity contribution in [2.75, 3.05) is 13.1 Å². The molecule has 0 atom stereocenters.